The van der Waals surface area contributed by atoms with E-state index in [1.807, 2.05) is 27.8 Å². The highest BCUT2D eigenvalue weighted by atomic mass is 16.5. The number of morpholine rings is 1. The summed E-state index contributed by atoms with van der Waals surface area (Å²) in [7, 11) is 0. The molecule has 0 N–H and O–H groups in total. The third kappa shape index (κ3) is 3.72. The largest absolute Gasteiger partial charge is 0.379 e. The molecule has 1 atom stereocenters. The predicted octanol–water partition coefficient (Wildman–Crippen LogP) is 1.41. The first kappa shape index (κ1) is 17.7. The molecule has 140 valence electrons. The van der Waals surface area contributed by atoms with Gasteiger partial charge in [-0.3, -0.25) is 9.69 Å². The van der Waals surface area contributed by atoms with Crippen molar-refractivity contribution in [3.63, 3.8) is 0 Å². The molecule has 7 heteroatoms. The van der Waals surface area contributed by atoms with Gasteiger partial charge in [0.15, 0.2) is 0 Å². The maximum atomic E-state index is 13.2. The van der Waals surface area contributed by atoms with Gasteiger partial charge in [-0.1, -0.05) is 12.1 Å². The van der Waals surface area contributed by atoms with Crippen molar-refractivity contribution in [2.45, 2.75) is 19.0 Å². The normalized spacial score (nSPS) is 20.3. The lowest BCUT2D eigenvalue weighted by molar-refractivity contribution is -0.136. The molecule has 1 saturated heterocycles. The molecular weight excluding hydrogens is 342 g/mol. The van der Waals surface area contributed by atoms with Crippen LogP contribution >= 0.6 is 0 Å². The first-order valence-corrected chi connectivity index (χ1v) is 9.36. The minimum absolute atomic E-state index is 0.0900. The number of nitrogens with zero attached hydrogens (tertiary/aromatic N) is 5. The Morgan fingerprint density at radius 3 is 2.70 bits per heavy atom. The molecule has 0 spiro atoms. The van der Waals surface area contributed by atoms with Crippen LogP contribution in [0.4, 0.5) is 0 Å². The molecule has 2 aliphatic heterocycles. The molecule has 1 aromatic heterocycles. The molecule has 0 bridgehead atoms. The number of carbonyl (C=O) groups excluding carboxylic acids is 1. The quantitative estimate of drug-likeness (QED) is 0.801. The zero-order chi connectivity index (χ0) is 18.6. The van der Waals surface area contributed by atoms with Gasteiger partial charge >= 0.3 is 0 Å². The summed E-state index contributed by atoms with van der Waals surface area (Å²) >= 11 is 0. The molecule has 4 rings (SSSR count). The SMILES string of the molecule is N#Cc1ccc(C2C(=O)N(CCCN3CCOCC3)Cc3cncn32)cc1. The fourth-order valence-corrected chi connectivity index (χ4v) is 3.79. The first-order valence-electron chi connectivity index (χ1n) is 9.36. The third-order valence-electron chi connectivity index (χ3n) is 5.28. The van der Waals surface area contributed by atoms with Crippen LogP contribution in [0.3, 0.4) is 0 Å². The van der Waals surface area contributed by atoms with E-state index in [1.165, 1.54) is 0 Å². The van der Waals surface area contributed by atoms with Gasteiger partial charge in [-0.25, -0.2) is 4.98 Å². The molecule has 7 nitrogen and oxygen atoms in total. The smallest absolute Gasteiger partial charge is 0.250 e. The molecule has 3 heterocycles. The second-order valence-corrected chi connectivity index (χ2v) is 7.00. The molecule has 0 radical (unpaired) electrons. The van der Waals surface area contributed by atoms with E-state index in [2.05, 4.69) is 16.0 Å². The lowest BCUT2D eigenvalue weighted by atomic mass is 10.0. The molecular formula is C20H23N5O2. The van der Waals surface area contributed by atoms with E-state index >= 15 is 0 Å². The Labute approximate surface area is 158 Å². The average molecular weight is 365 g/mol. The Morgan fingerprint density at radius 1 is 1.19 bits per heavy atom. The number of fused-ring (bicyclic) bond motifs is 1. The highest BCUT2D eigenvalue weighted by molar-refractivity contribution is 5.84. The van der Waals surface area contributed by atoms with Crippen molar-refractivity contribution >= 4 is 5.91 Å². The molecule has 2 aromatic rings. The number of amides is 1. The Hall–Kier alpha value is -2.69. The van der Waals surface area contributed by atoms with Gasteiger partial charge in [-0.2, -0.15) is 5.26 Å². The number of nitriles is 1. The minimum atomic E-state index is -0.410. The van der Waals surface area contributed by atoms with Gasteiger partial charge < -0.3 is 14.2 Å². The molecule has 0 aliphatic carbocycles. The zero-order valence-electron chi connectivity index (χ0n) is 15.3. The van der Waals surface area contributed by atoms with Gasteiger partial charge in [0.25, 0.3) is 5.91 Å². The zero-order valence-corrected chi connectivity index (χ0v) is 15.3. The van der Waals surface area contributed by atoms with Crippen molar-refractivity contribution < 1.29 is 9.53 Å². The second-order valence-electron chi connectivity index (χ2n) is 7.00. The van der Waals surface area contributed by atoms with Crippen LogP contribution in [0.25, 0.3) is 0 Å². The molecule has 1 fully saturated rings. The Morgan fingerprint density at radius 2 is 1.96 bits per heavy atom. The third-order valence-corrected chi connectivity index (χ3v) is 5.28. The van der Waals surface area contributed by atoms with Crippen LogP contribution in [-0.2, 0) is 16.1 Å². The summed E-state index contributed by atoms with van der Waals surface area (Å²) in [6.07, 6.45) is 4.50. The van der Waals surface area contributed by atoms with Gasteiger partial charge in [0.05, 0.1) is 43.4 Å². The lowest BCUT2D eigenvalue weighted by Crippen LogP contribution is -2.44. The molecule has 27 heavy (non-hydrogen) atoms. The van der Waals surface area contributed by atoms with Crippen LogP contribution in [0.5, 0.6) is 0 Å². The topological polar surface area (TPSA) is 74.4 Å². The van der Waals surface area contributed by atoms with Crippen LogP contribution in [-0.4, -0.2) is 64.7 Å². The number of aromatic nitrogens is 2. The molecule has 1 unspecified atom stereocenters. The number of imidazole rings is 1. The second kappa shape index (κ2) is 7.91. The lowest BCUT2D eigenvalue weighted by Gasteiger charge is -2.35. The summed E-state index contributed by atoms with van der Waals surface area (Å²) in [5, 5.41) is 9.01. The fourth-order valence-electron chi connectivity index (χ4n) is 3.79. The fraction of sp³-hybridized carbons (Fsp3) is 0.450. The molecule has 0 saturated carbocycles. The monoisotopic (exact) mass is 365 g/mol. The summed E-state index contributed by atoms with van der Waals surface area (Å²) in [6, 6.07) is 8.96. The van der Waals surface area contributed by atoms with E-state index in [4.69, 9.17) is 10.00 Å². The van der Waals surface area contributed by atoms with Crippen molar-refractivity contribution in [3.05, 3.63) is 53.6 Å². The Kier molecular flexibility index (Phi) is 5.19. The van der Waals surface area contributed by atoms with E-state index in [9.17, 15) is 4.79 Å². The van der Waals surface area contributed by atoms with E-state index in [0.29, 0.717) is 12.1 Å². The summed E-state index contributed by atoms with van der Waals surface area (Å²) in [4.78, 5) is 21.8. The van der Waals surface area contributed by atoms with Crippen molar-refractivity contribution in [2.75, 3.05) is 39.4 Å². The summed E-state index contributed by atoms with van der Waals surface area (Å²) in [6.45, 7) is 5.82. The highest BCUT2D eigenvalue weighted by Crippen LogP contribution is 2.28. The van der Waals surface area contributed by atoms with Gasteiger partial charge in [-0.15, -0.1) is 0 Å². The van der Waals surface area contributed by atoms with E-state index < -0.39 is 6.04 Å². The summed E-state index contributed by atoms with van der Waals surface area (Å²) in [5.74, 6) is 0.0900. The minimum Gasteiger partial charge on any atom is -0.379 e. The van der Waals surface area contributed by atoms with E-state index in [1.54, 1.807) is 18.5 Å². The maximum Gasteiger partial charge on any atom is 0.250 e. The Balaban J connectivity index is 1.48. The standard InChI is InChI=1S/C20H23N5O2/c21-12-16-2-4-17(5-3-16)19-20(26)24(14-18-13-22-15-25(18)19)7-1-6-23-8-10-27-11-9-23/h2-5,13,15,19H,1,6-11,14H2. The number of benzene rings is 1. The van der Waals surface area contributed by atoms with Crippen LogP contribution in [0, 0.1) is 11.3 Å². The van der Waals surface area contributed by atoms with Crippen LogP contribution in [0.15, 0.2) is 36.8 Å². The number of rotatable bonds is 5. The van der Waals surface area contributed by atoms with Crippen molar-refractivity contribution in [1.82, 2.24) is 19.4 Å². The Bertz CT molecular complexity index is 833. The summed E-state index contributed by atoms with van der Waals surface area (Å²) in [5.41, 5.74) is 2.52. The van der Waals surface area contributed by atoms with Crippen molar-refractivity contribution in [3.8, 4) is 6.07 Å². The molecule has 2 aliphatic rings. The number of hydrogen-bond donors (Lipinski definition) is 0. The van der Waals surface area contributed by atoms with Gasteiger partial charge in [0, 0.05) is 32.4 Å². The van der Waals surface area contributed by atoms with Crippen LogP contribution in [0.1, 0.15) is 29.3 Å². The van der Waals surface area contributed by atoms with Gasteiger partial charge in [0.1, 0.15) is 6.04 Å². The van der Waals surface area contributed by atoms with Crippen molar-refractivity contribution in [1.29, 1.82) is 5.26 Å². The van der Waals surface area contributed by atoms with Gasteiger partial charge in [0.2, 0.25) is 0 Å². The summed E-state index contributed by atoms with van der Waals surface area (Å²) < 4.78 is 7.33. The number of hydrogen-bond acceptors (Lipinski definition) is 5. The molecule has 1 aromatic carbocycles. The maximum absolute atomic E-state index is 13.2. The number of ether oxygens (including phenoxy) is 1. The molecule has 1 amide bonds. The number of carbonyl (C=O) groups is 1. The van der Waals surface area contributed by atoms with Crippen LogP contribution < -0.4 is 0 Å². The van der Waals surface area contributed by atoms with E-state index in [-0.39, 0.29) is 5.91 Å². The average Bonchev–Trinajstić information content (AvgIpc) is 3.17. The van der Waals surface area contributed by atoms with Gasteiger partial charge in [-0.05, 0) is 24.1 Å². The highest BCUT2D eigenvalue weighted by Gasteiger charge is 2.33. The first-order chi connectivity index (χ1) is 13.3. The van der Waals surface area contributed by atoms with E-state index in [0.717, 1.165) is 57.1 Å². The predicted molar refractivity (Wildman–Crippen MR) is 98.8 cm³/mol. The van der Waals surface area contributed by atoms with Crippen molar-refractivity contribution in [2.24, 2.45) is 0 Å². The van der Waals surface area contributed by atoms with Crippen LogP contribution in [0.2, 0.25) is 0 Å².